The highest BCUT2D eigenvalue weighted by Crippen LogP contribution is 2.42. The summed E-state index contributed by atoms with van der Waals surface area (Å²) in [5, 5.41) is 15.7. The lowest BCUT2D eigenvalue weighted by Crippen LogP contribution is -2.54. The third-order valence-corrected chi connectivity index (χ3v) is 7.71. The Kier molecular flexibility index (Phi) is 9.68. The standard InChI is InChI=1S/C36H41N3O5/c1-8-26-14-9-10-15-28(26)32(33(41)38-31-22(2)12-11-13-23(31)3)39(30-20-24(30)4)34(42)29(37-35(43)44-36(5,6)7)21-25-16-18-27(40)19-17-25/h1,9-19,24,29-30,32,40H,20-21H2,2-7H3,(H,37,43)(H,38,41). The minimum absolute atomic E-state index is 0.0827. The van der Waals surface area contributed by atoms with Gasteiger partial charge in [0.2, 0.25) is 5.91 Å². The fraction of sp³-hybridized carbons (Fsp3) is 0.361. The lowest BCUT2D eigenvalue weighted by molar-refractivity contribution is -0.141. The highest BCUT2D eigenvalue weighted by Gasteiger charge is 2.48. The third-order valence-electron chi connectivity index (χ3n) is 7.71. The van der Waals surface area contributed by atoms with E-state index in [0.29, 0.717) is 28.8 Å². The molecule has 0 heterocycles. The second kappa shape index (κ2) is 13.3. The van der Waals surface area contributed by atoms with Crippen molar-refractivity contribution in [1.29, 1.82) is 0 Å². The molecule has 8 nitrogen and oxygen atoms in total. The van der Waals surface area contributed by atoms with Crippen LogP contribution in [-0.2, 0) is 20.7 Å². The molecular weight excluding hydrogens is 554 g/mol. The van der Waals surface area contributed by atoms with Crippen LogP contribution < -0.4 is 10.6 Å². The number of carbonyl (C=O) groups excluding carboxylic acids is 3. The van der Waals surface area contributed by atoms with E-state index in [-0.39, 0.29) is 24.1 Å². The fourth-order valence-electron chi connectivity index (χ4n) is 5.36. The second-order valence-electron chi connectivity index (χ2n) is 12.5. The van der Waals surface area contributed by atoms with Crippen molar-refractivity contribution >= 4 is 23.6 Å². The first-order valence-corrected chi connectivity index (χ1v) is 14.8. The lowest BCUT2D eigenvalue weighted by atomic mass is 9.96. The first-order valence-electron chi connectivity index (χ1n) is 14.8. The molecule has 1 aliphatic carbocycles. The van der Waals surface area contributed by atoms with Crippen LogP contribution in [0.25, 0.3) is 0 Å². The van der Waals surface area contributed by atoms with Crippen LogP contribution >= 0.6 is 0 Å². The number of alkyl carbamates (subject to hydrolysis) is 1. The van der Waals surface area contributed by atoms with Crippen LogP contribution in [0.5, 0.6) is 5.75 Å². The number of hydrogen-bond acceptors (Lipinski definition) is 5. The van der Waals surface area contributed by atoms with Gasteiger partial charge in [0.25, 0.3) is 5.91 Å². The Morgan fingerprint density at radius 2 is 1.64 bits per heavy atom. The number of carbonyl (C=O) groups is 3. The van der Waals surface area contributed by atoms with E-state index in [0.717, 1.165) is 11.1 Å². The topological polar surface area (TPSA) is 108 Å². The van der Waals surface area contributed by atoms with Crippen LogP contribution in [0.2, 0.25) is 0 Å². The Labute approximate surface area is 259 Å². The van der Waals surface area contributed by atoms with E-state index >= 15 is 0 Å². The van der Waals surface area contributed by atoms with E-state index in [9.17, 15) is 19.5 Å². The predicted molar refractivity (Wildman–Crippen MR) is 171 cm³/mol. The van der Waals surface area contributed by atoms with Crippen LogP contribution in [0, 0.1) is 32.1 Å². The Morgan fingerprint density at radius 3 is 2.20 bits per heavy atom. The molecule has 0 bridgehead atoms. The molecule has 0 radical (unpaired) electrons. The van der Waals surface area contributed by atoms with Gasteiger partial charge in [0.05, 0.1) is 0 Å². The van der Waals surface area contributed by atoms with E-state index < -0.39 is 35.6 Å². The van der Waals surface area contributed by atoms with Gasteiger partial charge in [-0.15, -0.1) is 6.42 Å². The summed E-state index contributed by atoms with van der Waals surface area (Å²) < 4.78 is 5.52. The zero-order chi connectivity index (χ0) is 32.2. The van der Waals surface area contributed by atoms with E-state index in [2.05, 4.69) is 16.6 Å². The number of phenolic OH excluding ortho intramolecular Hbond substituents is 1. The molecule has 3 aromatic carbocycles. The van der Waals surface area contributed by atoms with E-state index in [1.165, 1.54) is 12.1 Å². The minimum atomic E-state index is -1.08. The maximum atomic E-state index is 14.7. The van der Waals surface area contributed by atoms with Crippen molar-refractivity contribution < 1.29 is 24.2 Å². The van der Waals surface area contributed by atoms with Crippen molar-refractivity contribution in [3.8, 4) is 18.1 Å². The quantitative estimate of drug-likeness (QED) is 0.261. The molecule has 230 valence electrons. The molecule has 1 fully saturated rings. The monoisotopic (exact) mass is 595 g/mol. The van der Waals surface area contributed by atoms with Gasteiger partial charge in [0.1, 0.15) is 23.4 Å². The maximum Gasteiger partial charge on any atom is 0.408 e. The second-order valence-corrected chi connectivity index (χ2v) is 12.5. The molecule has 3 N–H and O–H groups in total. The number of para-hydroxylation sites is 1. The zero-order valence-corrected chi connectivity index (χ0v) is 26.2. The number of benzene rings is 3. The normalized spacial score (nSPS) is 17.0. The lowest BCUT2D eigenvalue weighted by Gasteiger charge is -2.35. The van der Waals surface area contributed by atoms with Gasteiger partial charge in [-0.25, -0.2) is 4.79 Å². The number of amides is 3. The largest absolute Gasteiger partial charge is 0.508 e. The Bertz CT molecular complexity index is 1550. The molecule has 44 heavy (non-hydrogen) atoms. The van der Waals surface area contributed by atoms with E-state index in [1.807, 2.05) is 39.0 Å². The molecule has 4 rings (SSSR count). The summed E-state index contributed by atoms with van der Waals surface area (Å²) in [7, 11) is 0. The zero-order valence-electron chi connectivity index (χ0n) is 26.2. The number of hydrogen-bond donors (Lipinski definition) is 3. The number of nitrogens with zero attached hydrogens (tertiary/aromatic N) is 1. The molecule has 0 aromatic heterocycles. The van der Waals surface area contributed by atoms with Gasteiger partial charge in [-0.3, -0.25) is 9.59 Å². The van der Waals surface area contributed by atoms with Gasteiger partial charge in [-0.1, -0.05) is 61.4 Å². The first-order chi connectivity index (χ1) is 20.8. The summed E-state index contributed by atoms with van der Waals surface area (Å²) in [6, 6.07) is 16.9. The fourth-order valence-corrected chi connectivity index (χ4v) is 5.36. The summed E-state index contributed by atoms with van der Waals surface area (Å²) in [5.74, 6) is 2.05. The molecule has 3 aromatic rings. The highest BCUT2D eigenvalue weighted by molar-refractivity contribution is 6.00. The van der Waals surface area contributed by atoms with Gasteiger partial charge in [-0.05, 0) is 87.4 Å². The van der Waals surface area contributed by atoms with Gasteiger partial charge in [-0.2, -0.15) is 0 Å². The van der Waals surface area contributed by atoms with E-state index in [4.69, 9.17) is 11.2 Å². The predicted octanol–water partition coefficient (Wildman–Crippen LogP) is 6.04. The Hall–Kier alpha value is -4.77. The summed E-state index contributed by atoms with van der Waals surface area (Å²) in [6.45, 7) is 11.1. The molecule has 4 atom stereocenters. The Balaban J connectivity index is 1.81. The summed E-state index contributed by atoms with van der Waals surface area (Å²) in [6.07, 6.45) is 5.95. The molecule has 1 saturated carbocycles. The smallest absolute Gasteiger partial charge is 0.408 e. The molecule has 8 heteroatoms. The number of aromatic hydroxyl groups is 1. The number of rotatable bonds is 9. The van der Waals surface area contributed by atoms with Gasteiger partial charge in [0, 0.05) is 23.7 Å². The van der Waals surface area contributed by atoms with Crippen molar-refractivity contribution in [2.24, 2.45) is 5.92 Å². The summed E-state index contributed by atoms with van der Waals surface area (Å²) in [5.41, 5.74) is 3.38. The third kappa shape index (κ3) is 7.78. The number of nitrogens with one attached hydrogen (secondary N) is 2. The number of terminal acetylenes is 1. The van der Waals surface area contributed by atoms with Crippen molar-refractivity contribution in [2.75, 3.05) is 5.32 Å². The van der Waals surface area contributed by atoms with Gasteiger partial charge >= 0.3 is 6.09 Å². The molecule has 1 aliphatic rings. The minimum Gasteiger partial charge on any atom is -0.508 e. The van der Waals surface area contributed by atoms with Crippen LogP contribution in [0.1, 0.15) is 68.0 Å². The molecule has 4 unspecified atom stereocenters. The maximum absolute atomic E-state index is 14.7. The number of anilines is 1. The average molecular weight is 596 g/mol. The highest BCUT2D eigenvalue weighted by atomic mass is 16.6. The van der Waals surface area contributed by atoms with Crippen molar-refractivity contribution in [3.05, 3.63) is 94.5 Å². The number of phenols is 1. The van der Waals surface area contributed by atoms with Crippen molar-refractivity contribution in [2.45, 2.75) is 78.1 Å². The van der Waals surface area contributed by atoms with Crippen LogP contribution in [0.4, 0.5) is 10.5 Å². The summed E-state index contributed by atoms with van der Waals surface area (Å²) >= 11 is 0. The number of aryl methyl sites for hydroxylation is 2. The molecular formula is C36H41N3O5. The average Bonchev–Trinajstić information content (AvgIpc) is 3.68. The molecule has 0 spiro atoms. The summed E-state index contributed by atoms with van der Waals surface area (Å²) in [4.78, 5) is 43.7. The van der Waals surface area contributed by atoms with Gasteiger partial charge < -0.3 is 25.4 Å². The molecule has 0 saturated heterocycles. The SMILES string of the molecule is C#Cc1ccccc1C(C(=O)Nc1c(C)cccc1C)N(C(=O)C(Cc1ccc(O)cc1)NC(=O)OC(C)(C)C)C1CC1C. The van der Waals surface area contributed by atoms with Crippen LogP contribution in [0.3, 0.4) is 0 Å². The van der Waals surface area contributed by atoms with Crippen LogP contribution in [-0.4, -0.2) is 45.6 Å². The van der Waals surface area contributed by atoms with Crippen molar-refractivity contribution in [3.63, 3.8) is 0 Å². The van der Waals surface area contributed by atoms with E-state index in [1.54, 1.807) is 62.1 Å². The molecule has 0 aliphatic heterocycles. The van der Waals surface area contributed by atoms with Gasteiger partial charge in [0.15, 0.2) is 0 Å². The number of ether oxygens (including phenoxy) is 1. The Morgan fingerprint density at radius 1 is 1.02 bits per heavy atom. The van der Waals surface area contributed by atoms with Crippen LogP contribution in [0.15, 0.2) is 66.7 Å². The first kappa shape index (κ1) is 32.2. The van der Waals surface area contributed by atoms with Crippen molar-refractivity contribution in [1.82, 2.24) is 10.2 Å². The molecule has 3 amide bonds.